The van der Waals surface area contributed by atoms with E-state index in [2.05, 4.69) is 43.4 Å². The molecular formula is C20H23BrF3N5O. The fraction of sp³-hybridized carbons (Fsp3) is 0.400. The second kappa shape index (κ2) is 9.76. The first-order chi connectivity index (χ1) is 14.2. The number of halogens is 4. The molecule has 0 spiro atoms. The number of amides is 2. The molecule has 2 heterocycles. The van der Waals surface area contributed by atoms with Gasteiger partial charge in [0, 0.05) is 49.1 Å². The smallest absolute Gasteiger partial charge is 0.308 e. The zero-order valence-corrected chi connectivity index (χ0v) is 18.1. The first kappa shape index (κ1) is 22.5. The first-order valence-electron chi connectivity index (χ1n) is 9.59. The van der Waals surface area contributed by atoms with Gasteiger partial charge in [0.2, 0.25) is 0 Å². The fourth-order valence-electron chi connectivity index (χ4n) is 3.31. The molecule has 1 fully saturated rings. The van der Waals surface area contributed by atoms with E-state index < -0.39 is 17.8 Å². The number of hydrogen-bond donors (Lipinski definition) is 2. The van der Waals surface area contributed by atoms with E-state index in [9.17, 15) is 18.0 Å². The van der Waals surface area contributed by atoms with Crippen LogP contribution in [-0.4, -0.2) is 53.5 Å². The third-order valence-electron chi connectivity index (χ3n) is 4.94. The Hall–Kier alpha value is -2.17. The van der Waals surface area contributed by atoms with Gasteiger partial charge in [0.1, 0.15) is 5.82 Å². The lowest BCUT2D eigenvalue weighted by molar-refractivity contribution is -0.138. The quantitative estimate of drug-likeness (QED) is 0.647. The van der Waals surface area contributed by atoms with Gasteiger partial charge in [0.15, 0.2) is 0 Å². The summed E-state index contributed by atoms with van der Waals surface area (Å²) in [4.78, 5) is 20.4. The summed E-state index contributed by atoms with van der Waals surface area (Å²) < 4.78 is 41.7. The lowest BCUT2D eigenvalue weighted by Gasteiger charge is -2.34. The van der Waals surface area contributed by atoms with Crippen LogP contribution in [0.3, 0.4) is 0 Å². The number of likely N-dealkylation sites (N-methyl/N-ethyl adjacent to an activating group) is 1. The summed E-state index contributed by atoms with van der Waals surface area (Å²) in [7, 11) is 0. The molecule has 1 aromatic carbocycles. The average molecular weight is 486 g/mol. The molecule has 2 amide bonds. The van der Waals surface area contributed by atoms with E-state index in [-0.39, 0.29) is 23.6 Å². The Morgan fingerprint density at radius 3 is 2.43 bits per heavy atom. The molecule has 10 heteroatoms. The van der Waals surface area contributed by atoms with Crippen LogP contribution in [0.25, 0.3) is 0 Å². The summed E-state index contributed by atoms with van der Waals surface area (Å²) in [6.45, 7) is 6.40. The van der Waals surface area contributed by atoms with Gasteiger partial charge in [0.05, 0.1) is 5.56 Å². The van der Waals surface area contributed by atoms with Crippen LogP contribution >= 0.6 is 15.9 Å². The van der Waals surface area contributed by atoms with Crippen molar-refractivity contribution in [3.05, 3.63) is 52.1 Å². The number of alkyl halides is 3. The lowest BCUT2D eigenvalue weighted by atomic mass is 10.0. The number of anilines is 2. The molecular weight excluding hydrogens is 463 g/mol. The number of benzene rings is 1. The predicted molar refractivity (Wildman–Crippen MR) is 113 cm³/mol. The number of nitrogens with one attached hydrogen (secondary N) is 2. The van der Waals surface area contributed by atoms with E-state index >= 15 is 0 Å². The van der Waals surface area contributed by atoms with E-state index in [0.29, 0.717) is 0 Å². The Morgan fingerprint density at radius 2 is 1.80 bits per heavy atom. The van der Waals surface area contributed by atoms with Gasteiger partial charge >= 0.3 is 12.2 Å². The summed E-state index contributed by atoms with van der Waals surface area (Å²) in [5, 5.41) is 4.94. The predicted octanol–water partition coefficient (Wildman–Crippen LogP) is 4.64. The molecule has 0 unspecified atom stereocenters. The topological polar surface area (TPSA) is 60.5 Å². The van der Waals surface area contributed by atoms with Crippen molar-refractivity contribution in [3.63, 3.8) is 0 Å². The summed E-state index contributed by atoms with van der Waals surface area (Å²) >= 11 is 3.26. The molecule has 2 N–H and O–H groups in total. The molecule has 1 aromatic heterocycles. The van der Waals surface area contributed by atoms with Crippen molar-refractivity contribution in [2.75, 3.05) is 43.4 Å². The minimum Gasteiger partial charge on any atom is -0.308 e. The largest absolute Gasteiger partial charge is 0.416 e. The summed E-state index contributed by atoms with van der Waals surface area (Å²) in [6.07, 6.45) is -3.02. The van der Waals surface area contributed by atoms with Crippen molar-refractivity contribution in [2.24, 2.45) is 0 Å². The fourth-order valence-corrected chi connectivity index (χ4v) is 3.65. The van der Waals surface area contributed by atoms with Crippen LogP contribution in [0.1, 0.15) is 18.1 Å². The average Bonchev–Trinajstić information content (AvgIpc) is 2.69. The van der Waals surface area contributed by atoms with Crippen LogP contribution in [0, 0.1) is 0 Å². The highest BCUT2D eigenvalue weighted by Crippen LogP contribution is 2.34. The standard InChI is InChI=1S/C20H23BrF3N5O/c1-2-28-7-9-29(10-8-28)13-14-3-4-16(12-17(14)20(22,23)24)26-19(30)27-18-11-15(21)5-6-25-18/h3-6,11-12H,2,7-10,13H2,1H3,(H2,25,26,27,30). The van der Waals surface area contributed by atoms with E-state index in [1.54, 1.807) is 12.1 Å². The van der Waals surface area contributed by atoms with Crippen LogP contribution < -0.4 is 10.6 Å². The van der Waals surface area contributed by atoms with Crippen LogP contribution in [0.2, 0.25) is 0 Å². The maximum atomic E-state index is 13.7. The molecule has 0 saturated carbocycles. The van der Waals surface area contributed by atoms with Crippen LogP contribution in [0.5, 0.6) is 0 Å². The van der Waals surface area contributed by atoms with Crippen molar-refractivity contribution >= 4 is 33.5 Å². The molecule has 1 aliphatic heterocycles. The Kier molecular flexibility index (Phi) is 7.32. The second-order valence-corrected chi connectivity index (χ2v) is 7.93. The van der Waals surface area contributed by atoms with Crippen molar-refractivity contribution in [1.29, 1.82) is 0 Å². The molecule has 1 saturated heterocycles. The van der Waals surface area contributed by atoms with Gasteiger partial charge in [-0.1, -0.05) is 28.9 Å². The number of urea groups is 1. The van der Waals surface area contributed by atoms with Gasteiger partial charge in [0.25, 0.3) is 0 Å². The van der Waals surface area contributed by atoms with Crippen molar-refractivity contribution < 1.29 is 18.0 Å². The third kappa shape index (κ3) is 6.16. The number of pyridine rings is 1. The highest BCUT2D eigenvalue weighted by Gasteiger charge is 2.34. The molecule has 0 bridgehead atoms. The SMILES string of the molecule is CCN1CCN(Cc2ccc(NC(=O)Nc3cc(Br)ccn3)cc2C(F)(F)F)CC1. The van der Waals surface area contributed by atoms with Crippen molar-refractivity contribution in [1.82, 2.24) is 14.8 Å². The van der Waals surface area contributed by atoms with Gasteiger partial charge in [-0.3, -0.25) is 10.2 Å². The minimum absolute atomic E-state index is 0.0642. The van der Waals surface area contributed by atoms with Gasteiger partial charge < -0.3 is 10.2 Å². The zero-order chi connectivity index (χ0) is 21.7. The number of carbonyl (C=O) groups excluding carboxylic acids is 1. The normalized spacial score (nSPS) is 15.8. The summed E-state index contributed by atoms with van der Waals surface area (Å²) in [6, 6.07) is 6.51. The molecule has 162 valence electrons. The molecule has 6 nitrogen and oxygen atoms in total. The van der Waals surface area contributed by atoms with Gasteiger partial charge in [-0.15, -0.1) is 0 Å². The molecule has 0 aliphatic carbocycles. The maximum absolute atomic E-state index is 13.7. The van der Waals surface area contributed by atoms with Crippen LogP contribution in [0.15, 0.2) is 41.0 Å². The number of carbonyl (C=O) groups is 1. The minimum atomic E-state index is -4.51. The first-order valence-corrected chi connectivity index (χ1v) is 10.4. The zero-order valence-electron chi connectivity index (χ0n) is 16.5. The van der Waals surface area contributed by atoms with Crippen molar-refractivity contribution in [2.45, 2.75) is 19.6 Å². The number of rotatable bonds is 5. The van der Waals surface area contributed by atoms with Crippen molar-refractivity contribution in [3.8, 4) is 0 Å². The van der Waals surface area contributed by atoms with Gasteiger partial charge in [-0.05, 0) is 36.4 Å². The highest BCUT2D eigenvalue weighted by atomic mass is 79.9. The van der Waals surface area contributed by atoms with Crippen LogP contribution in [-0.2, 0) is 12.7 Å². The lowest BCUT2D eigenvalue weighted by Crippen LogP contribution is -2.45. The monoisotopic (exact) mass is 485 g/mol. The van der Waals surface area contributed by atoms with E-state index in [4.69, 9.17) is 0 Å². The molecule has 3 rings (SSSR count). The van der Waals surface area contributed by atoms with Gasteiger partial charge in [-0.2, -0.15) is 13.2 Å². The Morgan fingerprint density at radius 1 is 1.10 bits per heavy atom. The number of piperazine rings is 1. The Labute approximate surface area is 181 Å². The van der Waals surface area contributed by atoms with Gasteiger partial charge in [-0.25, -0.2) is 9.78 Å². The van der Waals surface area contributed by atoms with Crippen LogP contribution in [0.4, 0.5) is 29.5 Å². The maximum Gasteiger partial charge on any atom is 0.416 e. The molecule has 1 aliphatic rings. The Bertz CT molecular complexity index is 885. The summed E-state index contributed by atoms with van der Waals surface area (Å²) in [5.74, 6) is 0.278. The second-order valence-electron chi connectivity index (χ2n) is 7.02. The number of nitrogens with zero attached hydrogens (tertiary/aromatic N) is 3. The van der Waals surface area contributed by atoms with E-state index in [0.717, 1.165) is 43.3 Å². The molecule has 2 aromatic rings. The number of aromatic nitrogens is 1. The summed E-state index contributed by atoms with van der Waals surface area (Å²) in [5.41, 5.74) is -0.472. The molecule has 0 radical (unpaired) electrons. The Balaban J connectivity index is 1.70. The van der Waals surface area contributed by atoms with E-state index in [1.807, 2.05) is 4.90 Å². The van der Waals surface area contributed by atoms with E-state index in [1.165, 1.54) is 18.3 Å². The third-order valence-corrected chi connectivity index (χ3v) is 5.44. The highest BCUT2D eigenvalue weighted by molar-refractivity contribution is 9.10. The molecule has 0 atom stereocenters. The molecule has 30 heavy (non-hydrogen) atoms. The number of hydrogen-bond acceptors (Lipinski definition) is 4.